The molecular formula is C14H20N6O2. The van der Waals surface area contributed by atoms with Crippen molar-refractivity contribution >= 4 is 11.7 Å². The summed E-state index contributed by atoms with van der Waals surface area (Å²) < 4.78 is 6.78. The molecule has 8 nitrogen and oxygen atoms in total. The summed E-state index contributed by atoms with van der Waals surface area (Å²) in [5, 5.41) is 10.7. The van der Waals surface area contributed by atoms with E-state index in [0.29, 0.717) is 17.6 Å². The van der Waals surface area contributed by atoms with Gasteiger partial charge in [-0.15, -0.1) is 0 Å². The second-order valence-electron chi connectivity index (χ2n) is 5.64. The zero-order valence-electron chi connectivity index (χ0n) is 12.8. The van der Waals surface area contributed by atoms with Crippen LogP contribution < -0.4 is 5.32 Å². The number of nitrogens with zero attached hydrogens (tertiary/aromatic N) is 5. The number of anilines is 1. The van der Waals surface area contributed by atoms with Crippen molar-refractivity contribution in [3.05, 3.63) is 24.5 Å². The third kappa shape index (κ3) is 3.16. The molecule has 22 heavy (non-hydrogen) atoms. The van der Waals surface area contributed by atoms with Gasteiger partial charge in [0.15, 0.2) is 5.82 Å². The summed E-state index contributed by atoms with van der Waals surface area (Å²) in [6.07, 6.45) is 5.38. The molecular weight excluding hydrogens is 284 g/mol. The number of carbonyl (C=O) groups excluding carboxylic acids is 1. The zero-order chi connectivity index (χ0) is 15.5. The number of hydrogen-bond donors (Lipinski definition) is 1. The lowest BCUT2D eigenvalue weighted by Crippen LogP contribution is -2.46. The molecule has 3 heterocycles. The van der Waals surface area contributed by atoms with Crippen LogP contribution in [0.4, 0.5) is 5.82 Å². The smallest absolute Gasteiger partial charge is 0.242 e. The Labute approximate surface area is 128 Å². The Morgan fingerprint density at radius 2 is 2.45 bits per heavy atom. The topological polar surface area (TPSA) is 89.1 Å². The summed E-state index contributed by atoms with van der Waals surface area (Å²) in [7, 11) is 0. The van der Waals surface area contributed by atoms with Crippen LogP contribution in [0.25, 0.3) is 0 Å². The highest BCUT2D eigenvalue weighted by atomic mass is 16.5. The minimum absolute atomic E-state index is 0.0706. The van der Waals surface area contributed by atoms with Gasteiger partial charge in [-0.2, -0.15) is 5.10 Å². The maximum absolute atomic E-state index is 12.4. The van der Waals surface area contributed by atoms with Crippen LogP contribution in [0.1, 0.15) is 25.5 Å². The summed E-state index contributed by atoms with van der Waals surface area (Å²) in [6, 6.07) is 1.77. The predicted molar refractivity (Wildman–Crippen MR) is 79.1 cm³/mol. The van der Waals surface area contributed by atoms with Gasteiger partial charge >= 0.3 is 0 Å². The highest BCUT2D eigenvalue weighted by molar-refractivity contribution is 5.93. The first-order valence-corrected chi connectivity index (χ1v) is 7.46. The van der Waals surface area contributed by atoms with Crippen LogP contribution >= 0.6 is 0 Å². The van der Waals surface area contributed by atoms with Crippen LogP contribution in [-0.2, 0) is 11.3 Å². The molecule has 0 aromatic carbocycles. The van der Waals surface area contributed by atoms with Crippen molar-refractivity contribution in [2.75, 3.05) is 11.9 Å². The summed E-state index contributed by atoms with van der Waals surface area (Å²) in [6.45, 7) is 5.37. The molecule has 1 saturated heterocycles. The van der Waals surface area contributed by atoms with E-state index in [9.17, 15) is 4.79 Å². The molecule has 3 rings (SSSR count). The van der Waals surface area contributed by atoms with Gasteiger partial charge in [-0.05, 0) is 33.2 Å². The Bertz CT molecular complexity index is 623. The largest absolute Gasteiger partial charge is 0.360 e. The highest BCUT2D eigenvalue weighted by Gasteiger charge is 2.32. The molecule has 1 amide bonds. The molecule has 0 aliphatic carbocycles. The summed E-state index contributed by atoms with van der Waals surface area (Å²) >= 11 is 0. The molecule has 2 aromatic rings. The lowest BCUT2D eigenvalue weighted by molar-refractivity contribution is -0.121. The van der Waals surface area contributed by atoms with Gasteiger partial charge in [0.05, 0.1) is 12.6 Å². The molecule has 0 unspecified atom stereocenters. The van der Waals surface area contributed by atoms with Crippen molar-refractivity contribution < 1.29 is 9.32 Å². The fourth-order valence-corrected chi connectivity index (χ4v) is 2.91. The van der Waals surface area contributed by atoms with E-state index in [-0.39, 0.29) is 11.9 Å². The van der Waals surface area contributed by atoms with Crippen molar-refractivity contribution in [1.82, 2.24) is 24.8 Å². The van der Waals surface area contributed by atoms with Crippen molar-refractivity contribution in [1.29, 1.82) is 0 Å². The molecule has 0 radical (unpaired) electrons. The molecule has 2 atom stereocenters. The molecule has 0 spiro atoms. The Hall–Kier alpha value is -2.22. The monoisotopic (exact) mass is 304 g/mol. The van der Waals surface area contributed by atoms with Crippen molar-refractivity contribution in [2.24, 2.45) is 0 Å². The van der Waals surface area contributed by atoms with Crippen LogP contribution in [0, 0.1) is 6.92 Å². The van der Waals surface area contributed by atoms with E-state index in [0.717, 1.165) is 25.9 Å². The maximum atomic E-state index is 12.4. The van der Waals surface area contributed by atoms with E-state index in [1.807, 2.05) is 11.6 Å². The Morgan fingerprint density at radius 1 is 1.59 bits per heavy atom. The van der Waals surface area contributed by atoms with Gasteiger partial charge in [0.1, 0.15) is 18.4 Å². The standard InChI is InChI=1S/C14H20N6O2/c1-10-6-13(18-22-10)17-14(21)11(2)20-5-3-4-12(20)7-19-9-15-8-16-19/h6,8-9,11-12H,3-5,7H2,1-2H3,(H,17,18,21)/t11-,12+/m0/s1. The number of amides is 1. The van der Waals surface area contributed by atoms with Crippen LogP contribution in [0.3, 0.4) is 0 Å². The van der Waals surface area contributed by atoms with Crippen LogP contribution in [0.15, 0.2) is 23.2 Å². The second kappa shape index (κ2) is 6.27. The Balaban J connectivity index is 1.62. The van der Waals surface area contributed by atoms with E-state index < -0.39 is 0 Å². The molecule has 0 bridgehead atoms. The van der Waals surface area contributed by atoms with Gasteiger partial charge in [-0.1, -0.05) is 5.16 Å². The summed E-state index contributed by atoms with van der Waals surface area (Å²) in [4.78, 5) is 18.6. The molecule has 1 aliphatic rings. The van der Waals surface area contributed by atoms with Crippen LogP contribution in [-0.4, -0.2) is 49.4 Å². The van der Waals surface area contributed by atoms with Gasteiger partial charge in [-0.3, -0.25) is 14.4 Å². The zero-order valence-corrected chi connectivity index (χ0v) is 12.8. The Kier molecular flexibility index (Phi) is 4.19. The third-order valence-electron chi connectivity index (χ3n) is 4.04. The maximum Gasteiger partial charge on any atom is 0.242 e. The number of carbonyl (C=O) groups is 1. The first-order valence-electron chi connectivity index (χ1n) is 7.46. The first-order chi connectivity index (χ1) is 10.6. The lowest BCUT2D eigenvalue weighted by atomic mass is 10.2. The fraction of sp³-hybridized carbons (Fsp3) is 0.571. The molecule has 8 heteroatoms. The molecule has 1 N–H and O–H groups in total. The number of rotatable bonds is 5. The highest BCUT2D eigenvalue weighted by Crippen LogP contribution is 2.22. The molecule has 1 aliphatic heterocycles. The molecule has 2 aromatic heterocycles. The first kappa shape index (κ1) is 14.7. The molecule has 0 saturated carbocycles. The number of nitrogens with one attached hydrogen (secondary N) is 1. The second-order valence-corrected chi connectivity index (χ2v) is 5.64. The van der Waals surface area contributed by atoms with E-state index in [4.69, 9.17) is 4.52 Å². The number of hydrogen-bond acceptors (Lipinski definition) is 6. The minimum atomic E-state index is -0.229. The SMILES string of the molecule is Cc1cc(NC(=O)[C@H](C)N2CCC[C@@H]2Cn2cncn2)no1. The normalized spacial score (nSPS) is 20.2. The number of aromatic nitrogens is 4. The lowest BCUT2D eigenvalue weighted by Gasteiger charge is -2.29. The third-order valence-corrected chi connectivity index (χ3v) is 4.04. The van der Waals surface area contributed by atoms with Crippen molar-refractivity contribution in [2.45, 2.75) is 45.3 Å². The quantitative estimate of drug-likeness (QED) is 0.888. The Morgan fingerprint density at radius 3 is 3.14 bits per heavy atom. The van der Waals surface area contributed by atoms with Gasteiger partial charge in [-0.25, -0.2) is 4.98 Å². The summed E-state index contributed by atoms with van der Waals surface area (Å²) in [5.41, 5.74) is 0. The van der Waals surface area contributed by atoms with Gasteiger partial charge in [0, 0.05) is 12.1 Å². The average molecular weight is 304 g/mol. The van der Waals surface area contributed by atoms with E-state index in [2.05, 4.69) is 25.5 Å². The molecule has 118 valence electrons. The van der Waals surface area contributed by atoms with Crippen LogP contribution in [0.5, 0.6) is 0 Å². The molecule has 1 fully saturated rings. The van der Waals surface area contributed by atoms with Gasteiger partial charge < -0.3 is 9.84 Å². The van der Waals surface area contributed by atoms with E-state index in [1.54, 1.807) is 19.3 Å². The number of aryl methyl sites for hydroxylation is 1. The van der Waals surface area contributed by atoms with E-state index >= 15 is 0 Å². The van der Waals surface area contributed by atoms with Gasteiger partial charge in [0.2, 0.25) is 5.91 Å². The van der Waals surface area contributed by atoms with Crippen molar-refractivity contribution in [3.8, 4) is 0 Å². The number of likely N-dealkylation sites (tertiary alicyclic amines) is 1. The minimum Gasteiger partial charge on any atom is -0.360 e. The average Bonchev–Trinajstić information content (AvgIpc) is 3.21. The van der Waals surface area contributed by atoms with Gasteiger partial charge in [0.25, 0.3) is 0 Å². The van der Waals surface area contributed by atoms with Crippen molar-refractivity contribution in [3.63, 3.8) is 0 Å². The predicted octanol–water partition coefficient (Wildman–Crippen LogP) is 1.07. The fourth-order valence-electron chi connectivity index (χ4n) is 2.91. The van der Waals surface area contributed by atoms with Crippen LogP contribution in [0.2, 0.25) is 0 Å². The summed E-state index contributed by atoms with van der Waals surface area (Å²) in [5.74, 6) is 1.06. The van der Waals surface area contributed by atoms with E-state index in [1.165, 1.54) is 6.33 Å².